The first-order valence-corrected chi connectivity index (χ1v) is 6.37. The Morgan fingerprint density at radius 1 is 1.43 bits per heavy atom. The molecular weight excluding hydrogens is 274 g/mol. The Labute approximate surface area is 122 Å². The van der Waals surface area contributed by atoms with Crippen LogP contribution in [0.15, 0.2) is 36.9 Å². The van der Waals surface area contributed by atoms with Crippen LogP contribution in [-0.2, 0) is 9.59 Å². The maximum atomic E-state index is 12.0. The normalized spacial score (nSPS) is 11.3. The molecule has 0 fully saturated rings. The highest BCUT2D eigenvalue weighted by molar-refractivity contribution is 5.97. The number of amides is 1. The van der Waals surface area contributed by atoms with E-state index >= 15 is 0 Å². The van der Waals surface area contributed by atoms with Crippen LogP contribution in [0, 0.1) is 0 Å². The van der Waals surface area contributed by atoms with E-state index in [4.69, 9.17) is 9.84 Å². The molecule has 21 heavy (non-hydrogen) atoms. The number of nitrogens with one attached hydrogen (secondary N) is 1. The number of allylic oxidation sites excluding steroid dienone is 1. The van der Waals surface area contributed by atoms with Gasteiger partial charge in [0.1, 0.15) is 11.8 Å². The molecule has 0 unspecified atom stereocenters. The van der Waals surface area contributed by atoms with Gasteiger partial charge in [-0.1, -0.05) is 12.1 Å². The molecule has 1 aromatic carbocycles. The van der Waals surface area contributed by atoms with E-state index in [9.17, 15) is 14.4 Å². The van der Waals surface area contributed by atoms with Gasteiger partial charge in [0.15, 0.2) is 0 Å². The number of hydrogen-bond acceptors (Lipinski definition) is 4. The van der Waals surface area contributed by atoms with Crippen LogP contribution in [0.5, 0.6) is 5.75 Å². The molecule has 2 N–H and O–H groups in total. The van der Waals surface area contributed by atoms with E-state index < -0.39 is 23.9 Å². The molecule has 0 saturated carbocycles. The van der Waals surface area contributed by atoms with Crippen LogP contribution in [0.4, 0.5) is 0 Å². The minimum absolute atomic E-state index is 0.221. The van der Waals surface area contributed by atoms with E-state index in [0.29, 0.717) is 6.42 Å². The zero-order chi connectivity index (χ0) is 15.8. The summed E-state index contributed by atoms with van der Waals surface area (Å²) in [4.78, 5) is 34.0. The largest absolute Gasteiger partial charge is 0.480 e. The molecule has 0 aliphatic heterocycles. The smallest absolute Gasteiger partial charge is 0.326 e. The number of benzene rings is 1. The number of carboxylic acid groups (broad SMARTS) is 1. The van der Waals surface area contributed by atoms with Crippen molar-refractivity contribution in [2.24, 2.45) is 0 Å². The highest BCUT2D eigenvalue weighted by Gasteiger charge is 2.20. The molecule has 1 rings (SSSR count). The zero-order valence-electron chi connectivity index (χ0n) is 11.7. The van der Waals surface area contributed by atoms with Crippen molar-refractivity contribution in [3.63, 3.8) is 0 Å². The van der Waals surface area contributed by atoms with E-state index in [0.717, 1.165) is 0 Å². The standard InChI is InChI=1S/C15H17NO5/c1-3-4-8-13(15(19)20)16-14(18)11-6-5-7-12(9-11)21-10(2)17/h3,5-7,9,13H,1,4,8H2,2H3,(H,16,18)(H,19,20)/t13-/m1/s1. The predicted octanol–water partition coefficient (Wildman–Crippen LogP) is 1.76. The average Bonchev–Trinajstić information content (AvgIpc) is 2.42. The number of hydrogen-bond donors (Lipinski definition) is 2. The van der Waals surface area contributed by atoms with Crippen LogP contribution >= 0.6 is 0 Å². The van der Waals surface area contributed by atoms with Gasteiger partial charge < -0.3 is 15.2 Å². The molecule has 0 heterocycles. The van der Waals surface area contributed by atoms with Crippen molar-refractivity contribution in [1.82, 2.24) is 5.32 Å². The van der Waals surface area contributed by atoms with Gasteiger partial charge in [-0.3, -0.25) is 9.59 Å². The fourth-order valence-electron chi connectivity index (χ4n) is 1.65. The Bertz CT molecular complexity index is 553. The quantitative estimate of drug-likeness (QED) is 0.453. The Morgan fingerprint density at radius 2 is 2.14 bits per heavy atom. The summed E-state index contributed by atoms with van der Waals surface area (Å²) >= 11 is 0. The van der Waals surface area contributed by atoms with Crippen molar-refractivity contribution >= 4 is 17.8 Å². The maximum absolute atomic E-state index is 12.0. The molecule has 6 nitrogen and oxygen atoms in total. The van der Waals surface area contributed by atoms with Gasteiger partial charge in [-0.2, -0.15) is 0 Å². The van der Waals surface area contributed by atoms with Gasteiger partial charge in [0, 0.05) is 12.5 Å². The molecular formula is C15H17NO5. The van der Waals surface area contributed by atoms with Crippen LogP contribution in [-0.4, -0.2) is 29.0 Å². The third-order valence-electron chi connectivity index (χ3n) is 2.62. The number of esters is 1. The fraction of sp³-hybridized carbons (Fsp3) is 0.267. The second kappa shape index (κ2) is 7.84. The predicted molar refractivity (Wildman–Crippen MR) is 76.1 cm³/mol. The van der Waals surface area contributed by atoms with Crippen molar-refractivity contribution in [2.45, 2.75) is 25.8 Å². The van der Waals surface area contributed by atoms with Crippen molar-refractivity contribution in [3.8, 4) is 5.75 Å². The molecule has 112 valence electrons. The molecule has 1 atom stereocenters. The molecule has 1 amide bonds. The molecule has 0 bridgehead atoms. The Morgan fingerprint density at radius 3 is 2.71 bits per heavy atom. The summed E-state index contributed by atoms with van der Waals surface area (Å²) in [6.45, 7) is 4.77. The SMILES string of the molecule is C=CCC[C@@H](NC(=O)c1cccc(OC(C)=O)c1)C(=O)O. The second-order valence-corrected chi connectivity index (χ2v) is 4.35. The van der Waals surface area contributed by atoms with Gasteiger partial charge in [0.2, 0.25) is 0 Å². The van der Waals surface area contributed by atoms with Gasteiger partial charge in [-0.25, -0.2) is 4.79 Å². The van der Waals surface area contributed by atoms with Crippen molar-refractivity contribution in [1.29, 1.82) is 0 Å². The van der Waals surface area contributed by atoms with E-state index in [-0.39, 0.29) is 17.7 Å². The van der Waals surface area contributed by atoms with Crippen molar-refractivity contribution in [3.05, 3.63) is 42.5 Å². The minimum Gasteiger partial charge on any atom is -0.480 e. The van der Waals surface area contributed by atoms with Gasteiger partial charge in [-0.05, 0) is 31.0 Å². The Balaban J connectivity index is 2.79. The third-order valence-corrected chi connectivity index (χ3v) is 2.62. The van der Waals surface area contributed by atoms with Gasteiger partial charge in [0.05, 0.1) is 0 Å². The molecule has 0 spiro atoms. The first kappa shape index (κ1) is 16.4. The monoisotopic (exact) mass is 291 g/mol. The van der Waals surface area contributed by atoms with E-state index in [1.165, 1.54) is 25.1 Å². The summed E-state index contributed by atoms with van der Waals surface area (Å²) in [6, 6.07) is 4.97. The summed E-state index contributed by atoms with van der Waals surface area (Å²) < 4.78 is 4.87. The molecule has 0 aliphatic carbocycles. The highest BCUT2D eigenvalue weighted by Crippen LogP contribution is 2.14. The van der Waals surface area contributed by atoms with Crippen molar-refractivity contribution in [2.75, 3.05) is 0 Å². The Kier molecular flexibility index (Phi) is 6.13. The third kappa shape index (κ3) is 5.48. The van der Waals surface area contributed by atoms with Crippen LogP contribution < -0.4 is 10.1 Å². The number of carbonyl (C=O) groups is 3. The topological polar surface area (TPSA) is 92.7 Å². The average molecular weight is 291 g/mol. The summed E-state index contributed by atoms with van der Waals surface area (Å²) in [7, 11) is 0. The summed E-state index contributed by atoms with van der Waals surface area (Å²) in [6.07, 6.45) is 2.32. The first-order chi connectivity index (χ1) is 9.93. The zero-order valence-corrected chi connectivity index (χ0v) is 11.7. The van der Waals surface area contributed by atoms with E-state index in [2.05, 4.69) is 11.9 Å². The van der Waals surface area contributed by atoms with E-state index in [1.54, 1.807) is 12.1 Å². The second-order valence-electron chi connectivity index (χ2n) is 4.35. The lowest BCUT2D eigenvalue weighted by molar-refractivity contribution is -0.139. The number of carbonyl (C=O) groups excluding carboxylic acids is 2. The molecule has 1 aromatic rings. The number of ether oxygens (including phenoxy) is 1. The molecule has 0 aromatic heterocycles. The van der Waals surface area contributed by atoms with Gasteiger partial charge in [-0.15, -0.1) is 6.58 Å². The van der Waals surface area contributed by atoms with Crippen LogP contribution in [0.1, 0.15) is 30.1 Å². The van der Waals surface area contributed by atoms with Crippen LogP contribution in [0.25, 0.3) is 0 Å². The summed E-state index contributed by atoms with van der Waals surface area (Å²) in [5.41, 5.74) is 0.221. The lowest BCUT2D eigenvalue weighted by Crippen LogP contribution is -2.40. The fourth-order valence-corrected chi connectivity index (χ4v) is 1.65. The maximum Gasteiger partial charge on any atom is 0.326 e. The van der Waals surface area contributed by atoms with Crippen LogP contribution in [0.3, 0.4) is 0 Å². The van der Waals surface area contributed by atoms with Crippen molar-refractivity contribution < 1.29 is 24.2 Å². The summed E-state index contributed by atoms with van der Waals surface area (Å²) in [5.74, 6) is -1.92. The highest BCUT2D eigenvalue weighted by atomic mass is 16.5. The molecule has 0 radical (unpaired) electrons. The molecule has 6 heteroatoms. The van der Waals surface area contributed by atoms with Gasteiger partial charge >= 0.3 is 11.9 Å². The summed E-state index contributed by atoms with van der Waals surface area (Å²) in [5, 5.41) is 11.5. The lowest BCUT2D eigenvalue weighted by atomic mass is 10.1. The Hall–Kier alpha value is -2.63. The van der Waals surface area contributed by atoms with Gasteiger partial charge in [0.25, 0.3) is 5.91 Å². The molecule has 0 aliphatic rings. The number of aliphatic carboxylic acids is 1. The molecule has 0 saturated heterocycles. The minimum atomic E-state index is -1.11. The van der Waals surface area contributed by atoms with E-state index in [1.807, 2.05) is 0 Å². The first-order valence-electron chi connectivity index (χ1n) is 6.37. The number of rotatable bonds is 7. The number of carboxylic acids is 1. The lowest BCUT2D eigenvalue weighted by Gasteiger charge is -2.14. The van der Waals surface area contributed by atoms with Crippen LogP contribution in [0.2, 0.25) is 0 Å².